The number of amides is 1. The van der Waals surface area contributed by atoms with Crippen molar-refractivity contribution >= 4 is 23.4 Å². The Labute approximate surface area is 121 Å². The van der Waals surface area contributed by atoms with Crippen LogP contribution in [-0.2, 0) is 0 Å². The normalized spacial score (nSPS) is 10.0. The molecule has 108 valence electrons. The molecule has 21 heavy (non-hydrogen) atoms. The first kappa shape index (κ1) is 14.4. The number of carboxylic acid groups (broad SMARTS) is 1. The second-order valence-corrected chi connectivity index (χ2v) is 4.46. The summed E-state index contributed by atoms with van der Waals surface area (Å²) < 4.78 is 0. The Hall–Kier alpha value is -2.96. The highest BCUT2D eigenvalue weighted by molar-refractivity contribution is 6.09. The molecule has 2 N–H and O–H groups in total. The highest BCUT2D eigenvalue weighted by Gasteiger charge is 2.17. The van der Waals surface area contributed by atoms with Crippen molar-refractivity contribution in [3.8, 4) is 0 Å². The van der Waals surface area contributed by atoms with Crippen molar-refractivity contribution in [3.05, 3.63) is 47.9 Å². The van der Waals surface area contributed by atoms with E-state index in [9.17, 15) is 9.59 Å². The van der Waals surface area contributed by atoms with Crippen LogP contribution in [0.2, 0.25) is 0 Å². The molecule has 1 amide bonds. The van der Waals surface area contributed by atoms with Crippen LogP contribution in [0.3, 0.4) is 0 Å². The zero-order valence-electron chi connectivity index (χ0n) is 11.6. The molecule has 0 aliphatic carbocycles. The van der Waals surface area contributed by atoms with Gasteiger partial charge >= 0.3 is 5.97 Å². The number of hydrogen-bond acceptors (Lipinski definition) is 5. The van der Waals surface area contributed by atoms with Crippen LogP contribution >= 0.6 is 0 Å². The lowest BCUT2D eigenvalue weighted by atomic mass is 10.2. The van der Waals surface area contributed by atoms with E-state index < -0.39 is 11.9 Å². The van der Waals surface area contributed by atoms with Crippen molar-refractivity contribution in [2.24, 2.45) is 0 Å². The molecule has 0 aliphatic rings. The van der Waals surface area contributed by atoms with Gasteiger partial charge in [-0.05, 0) is 24.3 Å². The fourth-order valence-electron chi connectivity index (χ4n) is 1.67. The van der Waals surface area contributed by atoms with Gasteiger partial charge in [0.25, 0.3) is 5.91 Å². The minimum atomic E-state index is -1.20. The number of aromatic carboxylic acids is 1. The Bertz CT molecular complexity index is 668. The maximum absolute atomic E-state index is 12.1. The van der Waals surface area contributed by atoms with Gasteiger partial charge in [0.1, 0.15) is 11.5 Å². The largest absolute Gasteiger partial charge is 0.478 e. The molecule has 7 heteroatoms. The van der Waals surface area contributed by atoms with E-state index in [-0.39, 0.29) is 11.3 Å². The third-order valence-electron chi connectivity index (χ3n) is 2.72. The Morgan fingerprint density at radius 2 is 1.95 bits per heavy atom. The number of carboxylic acids is 1. The van der Waals surface area contributed by atoms with Crippen LogP contribution in [0.25, 0.3) is 0 Å². The maximum atomic E-state index is 12.1. The fraction of sp³-hybridized carbons (Fsp3) is 0.143. The number of carbonyl (C=O) groups is 2. The highest BCUT2D eigenvalue weighted by atomic mass is 16.4. The van der Waals surface area contributed by atoms with Crippen molar-refractivity contribution in [1.82, 2.24) is 9.97 Å². The molecular formula is C14H14N4O3. The minimum absolute atomic E-state index is 0.137. The first-order chi connectivity index (χ1) is 9.99. The van der Waals surface area contributed by atoms with Crippen molar-refractivity contribution < 1.29 is 14.7 Å². The standard InChI is InChI=1S/C14H14N4O3/c1-18(2)11-6-5-9(8-16-11)17-13(19)12-10(14(20)21)4-3-7-15-12/h3-8H,1-2H3,(H,17,19)(H,20,21). The number of rotatable bonds is 4. The molecule has 7 nitrogen and oxygen atoms in total. The summed E-state index contributed by atoms with van der Waals surface area (Å²) in [5.41, 5.74) is 0.183. The summed E-state index contributed by atoms with van der Waals surface area (Å²) in [6.07, 6.45) is 2.87. The number of carbonyl (C=O) groups excluding carboxylic acids is 1. The lowest BCUT2D eigenvalue weighted by molar-refractivity contribution is 0.0691. The first-order valence-corrected chi connectivity index (χ1v) is 6.12. The van der Waals surface area contributed by atoms with Gasteiger partial charge in [0, 0.05) is 20.3 Å². The average molecular weight is 286 g/mol. The number of nitrogens with one attached hydrogen (secondary N) is 1. The Morgan fingerprint density at radius 3 is 2.52 bits per heavy atom. The molecule has 0 spiro atoms. The van der Waals surface area contributed by atoms with Crippen molar-refractivity contribution in [3.63, 3.8) is 0 Å². The third kappa shape index (κ3) is 3.33. The van der Waals surface area contributed by atoms with E-state index in [2.05, 4.69) is 15.3 Å². The molecule has 0 radical (unpaired) electrons. The monoisotopic (exact) mass is 286 g/mol. The molecule has 2 heterocycles. The van der Waals surface area contributed by atoms with Crippen LogP contribution in [0.5, 0.6) is 0 Å². The van der Waals surface area contributed by atoms with Gasteiger partial charge in [-0.25, -0.2) is 9.78 Å². The molecule has 0 atom stereocenters. The molecule has 0 saturated carbocycles. The van der Waals surface area contributed by atoms with Gasteiger partial charge in [-0.1, -0.05) is 0 Å². The minimum Gasteiger partial charge on any atom is -0.478 e. The van der Waals surface area contributed by atoms with Gasteiger partial charge in [-0.2, -0.15) is 0 Å². The molecule has 0 unspecified atom stereocenters. The van der Waals surface area contributed by atoms with Crippen LogP contribution in [0, 0.1) is 0 Å². The van der Waals surface area contributed by atoms with Crippen LogP contribution in [0.4, 0.5) is 11.5 Å². The van der Waals surface area contributed by atoms with E-state index in [1.54, 1.807) is 12.1 Å². The summed E-state index contributed by atoms with van der Waals surface area (Å²) >= 11 is 0. The van der Waals surface area contributed by atoms with Gasteiger partial charge in [-0.3, -0.25) is 9.78 Å². The number of aromatic nitrogens is 2. The highest BCUT2D eigenvalue weighted by Crippen LogP contribution is 2.13. The van der Waals surface area contributed by atoms with Crippen LogP contribution in [0.1, 0.15) is 20.8 Å². The van der Waals surface area contributed by atoms with Gasteiger partial charge in [0.2, 0.25) is 0 Å². The van der Waals surface area contributed by atoms with Gasteiger partial charge in [-0.15, -0.1) is 0 Å². The molecule has 0 aromatic carbocycles. The molecule has 2 rings (SSSR count). The SMILES string of the molecule is CN(C)c1ccc(NC(=O)c2ncccc2C(=O)O)cn1. The van der Waals surface area contributed by atoms with Gasteiger partial charge in [0.15, 0.2) is 0 Å². The predicted octanol–water partition coefficient (Wildman–Crippen LogP) is 1.49. The summed E-state index contributed by atoms with van der Waals surface area (Å²) in [5, 5.41) is 11.6. The summed E-state index contributed by atoms with van der Waals surface area (Å²) in [5.74, 6) is -1.04. The summed E-state index contributed by atoms with van der Waals surface area (Å²) in [7, 11) is 3.71. The predicted molar refractivity (Wildman–Crippen MR) is 77.7 cm³/mol. The zero-order valence-corrected chi connectivity index (χ0v) is 11.6. The van der Waals surface area contributed by atoms with E-state index in [1.165, 1.54) is 24.5 Å². The lowest BCUT2D eigenvalue weighted by Crippen LogP contribution is -2.18. The van der Waals surface area contributed by atoms with Crippen molar-refractivity contribution in [1.29, 1.82) is 0 Å². The smallest absolute Gasteiger partial charge is 0.338 e. The Balaban J connectivity index is 2.20. The number of nitrogens with zero attached hydrogens (tertiary/aromatic N) is 3. The van der Waals surface area contributed by atoms with Crippen LogP contribution in [-0.4, -0.2) is 41.0 Å². The third-order valence-corrected chi connectivity index (χ3v) is 2.72. The van der Waals surface area contributed by atoms with E-state index in [1.807, 2.05) is 19.0 Å². The molecule has 0 aliphatic heterocycles. The molecule has 0 fully saturated rings. The van der Waals surface area contributed by atoms with Crippen LogP contribution < -0.4 is 10.2 Å². The number of hydrogen-bond donors (Lipinski definition) is 2. The Kier molecular flexibility index (Phi) is 4.13. The maximum Gasteiger partial charge on any atom is 0.338 e. The van der Waals surface area contributed by atoms with Gasteiger partial charge < -0.3 is 15.3 Å². The Morgan fingerprint density at radius 1 is 1.19 bits per heavy atom. The summed E-state index contributed by atoms with van der Waals surface area (Å²) in [6, 6.07) is 6.22. The quantitative estimate of drug-likeness (QED) is 0.884. The van der Waals surface area contributed by atoms with Crippen molar-refractivity contribution in [2.75, 3.05) is 24.3 Å². The second-order valence-electron chi connectivity index (χ2n) is 4.46. The fourth-order valence-corrected chi connectivity index (χ4v) is 1.67. The zero-order chi connectivity index (χ0) is 15.4. The number of anilines is 2. The van der Waals surface area contributed by atoms with Crippen molar-refractivity contribution in [2.45, 2.75) is 0 Å². The van der Waals surface area contributed by atoms with E-state index in [4.69, 9.17) is 5.11 Å². The number of pyridine rings is 2. The van der Waals surface area contributed by atoms with E-state index in [0.717, 1.165) is 5.82 Å². The molecule has 0 saturated heterocycles. The van der Waals surface area contributed by atoms with E-state index >= 15 is 0 Å². The van der Waals surface area contributed by atoms with E-state index in [0.29, 0.717) is 5.69 Å². The molecule has 0 bridgehead atoms. The van der Waals surface area contributed by atoms with Gasteiger partial charge in [0.05, 0.1) is 17.4 Å². The summed E-state index contributed by atoms with van der Waals surface area (Å²) in [6.45, 7) is 0. The molecular weight excluding hydrogens is 272 g/mol. The lowest BCUT2D eigenvalue weighted by Gasteiger charge is -2.11. The topological polar surface area (TPSA) is 95.4 Å². The molecule has 2 aromatic rings. The summed E-state index contributed by atoms with van der Waals surface area (Å²) in [4.78, 5) is 32.9. The first-order valence-electron chi connectivity index (χ1n) is 6.12. The second kappa shape index (κ2) is 6.00. The molecule has 2 aromatic heterocycles. The average Bonchev–Trinajstić information content (AvgIpc) is 2.47. The van der Waals surface area contributed by atoms with Crippen LogP contribution in [0.15, 0.2) is 36.7 Å².